The van der Waals surface area contributed by atoms with Crippen LogP contribution in [-0.2, 0) is 9.59 Å². The smallest absolute Gasteiger partial charge is 0.224 e. The predicted molar refractivity (Wildman–Crippen MR) is 91.5 cm³/mol. The molecule has 2 saturated heterocycles. The van der Waals surface area contributed by atoms with Gasteiger partial charge < -0.3 is 9.80 Å². The first-order valence-electron chi connectivity index (χ1n) is 9.10. The second-order valence-corrected chi connectivity index (χ2v) is 7.20. The van der Waals surface area contributed by atoms with Crippen LogP contribution in [-0.4, -0.2) is 57.1 Å². The monoisotopic (exact) mass is 332 g/mol. The molecule has 3 rings (SSSR count). The Morgan fingerprint density at radius 1 is 1.21 bits per heavy atom. The summed E-state index contributed by atoms with van der Waals surface area (Å²) in [5, 5.41) is 4.41. The van der Waals surface area contributed by atoms with E-state index in [0.29, 0.717) is 6.42 Å². The molecule has 2 atom stereocenters. The van der Waals surface area contributed by atoms with E-state index in [1.807, 2.05) is 27.6 Å². The van der Waals surface area contributed by atoms with Gasteiger partial charge in [0.2, 0.25) is 11.8 Å². The van der Waals surface area contributed by atoms with Crippen LogP contribution in [0.5, 0.6) is 0 Å². The van der Waals surface area contributed by atoms with Gasteiger partial charge in [-0.3, -0.25) is 14.3 Å². The number of amides is 2. The largest absolute Gasteiger partial charge is 0.340 e. The van der Waals surface area contributed by atoms with Crippen molar-refractivity contribution in [3.8, 4) is 0 Å². The van der Waals surface area contributed by atoms with Crippen molar-refractivity contribution < 1.29 is 9.59 Å². The molecule has 0 aliphatic carbocycles. The first kappa shape index (κ1) is 17.0. The van der Waals surface area contributed by atoms with Crippen LogP contribution >= 0.6 is 0 Å². The zero-order valence-corrected chi connectivity index (χ0v) is 14.8. The van der Waals surface area contributed by atoms with E-state index in [4.69, 9.17) is 0 Å². The fourth-order valence-corrected chi connectivity index (χ4v) is 3.99. The number of aryl methyl sites for hydroxylation is 1. The quantitative estimate of drug-likeness (QED) is 0.852. The molecule has 0 saturated carbocycles. The number of carbonyl (C=O) groups is 2. The molecule has 1 aromatic heterocycles. The Kier molecular flexibility index (Phi) is 5.21. The molecule has 0 radical (unpaired) electrons. The fourth-order valence-electron chi connectivity index (χ4n) is 3.99. The molecule has 2 fully saturated rings. The van der Waals surface area contributed by atoms with Crippen LogP contribution in [0.1, 0.15) is 57.1 Å². The van der Waals surface area contributed by atoms with Crippen molar-refractivity contribution in [2.24, 2.45) is 0 Å². The molecule has 0 unspecified atom stereocenters. The number of piperidine rings is 2. The lowest BCUT2D eigenvalue weighted by molar-refractivity contribution is -0.138. The molecule has 6 heteroatoms. The second-order valence-electron chi connectivity index (χ2n) is 7.20. The van der Waals surface area contributed by atoms with Crippen molar-refractivity contribution in [3.05, 3.63) is 18.0 Å². The topological polar surface area (TPSA) is 58.4 Å². The van der Waals surface area contributed by atoms with Gasteiger partial charge >= 0.3 is 0 Å². The van der Waals surface area contributed by atoms with Crippen LogP contribution in [0.2, 0.25) is 0 Å². The summed E-state index contributed by atoms with van der Waals surface area (Å²) in [6, 6.07) is 0.350. The zero-order chi connectivity index (χ0) is 17.1. The van der Waals surface area contributed by atoms with Gasteiger partial charge in [-0.05, 0) is 44.6 Å². The standard InChI is InChI=1S/C18H28N4O2/c1-14-11-19-22(12-14)17-7-5-8-20(13-17)18(24)10-16-6-3-4-9-21(16)15(2)23/h11-12,16-17H,3-10,13H2,1-2H3/t16-,17+/m0/s1. The molecular weight excluding hydrogens is 304 g/mol. The molecule has 3 heterocycles. The number of nitrogens with zero attached hydrogens (tertiary/aromatic N) is 4. The Hall–Kier alpha value is -1.85. The Morgan fingerprint density at radius 3 is 2.75 bits per heavy atom. The van der Waals surface area contributed by atoms with Crippen LogP contribution in [0.3, 0.4) is 0 Å². The fraction of sp³-hybridized carbons (Fsp3) is 0.722. The van der Waals surface area contributed by atoms with E-state index in [9.17, 15) is 9.59 Å². The third kappa shape index (κ3) is 3.79. The maximum atomic E-state index is 12.8. The lowest BCUT2D eigenvalue weighted by Gasteiger charge is -2.38. The molecule has 0 N–H and O–H groups in total. The van der Waals surface area contributed by atoms with Gasteiger partial charge in [-0.15, -0.1) is 0 Å². The Morgan fingerprint density at radius 2 is 2.04 bits per heavy atom. The van der Waals surface area contributed by atoms with Crippen molar-refractivity contribution in [1.29, 1.82) is 0 Å². The molecule has 2 aliphatic rings. The average Bonchev–Trinajstić information content (AvgIpc) is 3.02. The van der Waals surface area contributed by atoms with E-state index in [1.165, 1.54) is 0 Å². The lowest BCUT2D eigenvalue weighted by Crippen LogP contribution is -2.47. The van der Waals surface area contributed by atoms with Crippen LogP contribution in [0, 0.1) is 6.92 Å². The van der Waals surface area contributed by atoms with Crippen LogP contribution < -0.4 is 0 Å². The molecule has 0 bridgehead atoms. The van der Waals surface area contributed by atoms with Crippen LogP contribution in [0.15, 0.2) is 12.4 Å². The first-order valence-corrected chi connectivity index (χ1v) is 9.10. The average molecular weight is 332 g/mol. The Bertz CT molecular complexity index is 598. The Labute approximate surface area is 143 Å². The summed E-state index contributed by atoms with van der Waals surface area (Å²) in [4.78, 5) is 28.4. The summed E-state index contributed by atoms with van der Waals surface area (Å²) >= 11 is 0. The van der Waals surface area contributed by atoms with Crippen LogP contribution in [0.25, 0.3) is 0 Å². The van der Waals surface area contributed by atoms with Gasteiger partial charge in [-0.1, -0.05) is 0 Å². The van der Waals surface area contributed by atoms with E-state index in [-0.39, 0.29) is 23.9 Å². The number of carbonyl (C=O) groups excluding carboxylic acids is 2. The van der Waals surface area contributed by atoms with Crippen molar-refractivity contribution in [2.45, 2.75) is 64.5 Å². The lowest BCUT2D eigenvalue weighted by atomic mass is 9.97. The highest BCUT2D eigenvalue weighted by Gasteiger charge is 2.30. The molecular formula is C18H28N4O2. The van der Waals surface area contributed by atoms with Crippen LogP contribution in [0.4, 0.5) is 0 Å². The minimum absolute atomic E-state index is 0.0797. The number of rotatable bonds is 3. The third-order valence-corrected chi connectivity index (χ3v) is 5.30. The van der Waals surface area contributed by atoms with Gasteiger partial charge in [-0.25, -0.2) is 0 Å². The summed E-state index contributed by atoms with van der Waals surface area (Å²) in [5.74, 6) is 0.276. The highest BCUT2D eigenvalue weighted by atomic mass is 16.2. The molecule has 132 valence electrons. The highest BCUT2D eigenvalue weighted by molar-refractivity contribution is 5.79. The van der Waals surface area contributed by atoms with E-state index >= 15 is 0 Å². The minimum atomic E-state index is 0.0797. The van der Waals surface area contributed by atoms with E-state index in [1.54, 1.807) is 6.92 Å². The summed E-state index contributed by atoms with van der Waals surface area (Å²) in [7, 11) is 0. The molecule has 24 heavy (non-hydrogen) atoms. The van der Waals surface area contributed by atoms with Gasteiger partial charge in [0.1, 0.15) is 0 Å². The normalized spacial score (nSPS) is 24.9. The second kappa shape index (κ2) is 7.36. The summed E-state index contributed by atoms with van der Waals surface area (Å²) < 4.78 is 2.00. The van der Waals surface area contributed by atoms with Crippen molar-refractivity contribution in [3.63, 3.8) is 0 Å². The number of aromatic nitrogens is 2. The molecule has 1 aromatic rings. The van der Waals surface area contributed by atoms with Crippen molar-refractivity contribution in [1.82, 2.24) is 19.6 Å². The summed E-state index contributed by atoms with van der Waals surface area (Å²) in [6.07, 6.45) is 9.56. The van der Waals surface area contributed by atoms with Gasteiger partial charge in [0.25, 0.3) is 0 Å². The first-order chi connectivity index (χ1) is 11.5. The molecule has 6 nitrogen and oxygen atoms in total. The van der Waals surface area contributed by atoms with Gasteiger partial charge in [0.05, 0.1) is 12.2 Å². The van der Waals surface area contributed by atoms with Crippen molar-refractivity contribution >= 4 is 11.8 Å². The van der Waals surface area contributed by atoms with E-state index < -0.39 is 0 Å². The molecule has 2 aliphatic heterocycles. The van der Waals surface area contributed by atoms with E-state index in [2.05, 4.69) is 11.3 Å². The third-order valence-electron chi connectivity index (χ3n) is 5.30. The van der Waals surface area contributed by atoms with E-state index in [0.717, 1.165) is 57.3 Å². The number of likely N-dealkylation sites (tertiary alicyclic amines) is 2. The highest BCUT2D eigenvalue weighted by Crippen LogP contribution is 2.24. The minimum Gasteiger partial charge on any atom is -0.340 e. The van der Waals surface area contributed by atoms with Gasteiger partial charge in [0, 0.05) is 45.2 Å². The molecule has 2 amide bonds. The predicted octanol–water partition coefficient (Wildman–Crippen LogP) is 2.15. The summed E-state index contributed by atoms with van der Waals surface area (Å²) in [6.45, 7) is 5.99. The zero-order valence-electron chi connectivity index (χ0n) is 14.8. The number of hydrogen-bond donors (Lipinski definition) is 0. The van der Waals surface area contributed by atoms with Crippen molar-refractivity contribution in [2.75, 3.05) is 19.6 Å². The molecule has 0 spiro atoms. The summed E-state index contributed by atoms with van der Waals surface area (Å²) in [5.41, 5.74) is 1.15. The van der Waals surface area contributed by atoms with Gasteiger partial charge in [0.15, 0.2) is 0 Å². The maximum Gasteiger partial charge on any atom is 0.224 e. The Balaban J connectivity index is 1.60. The SMILES string of the molecule is CC(=O)N1CCCC[C@H]1CC(=O)N1CCC[C@@H](n2cc(C)cn2)C1. The maximum absolute atomic E-state index is 12.8. The van der Waals surface area contributed by atoms with Gasteiger partial charge in [-0.2, -0.15) is 5.10 Å². The number of hydrogen-bond acceptors (Lipinski definition) is 3. The molecule has 0 aromatic carbocycles.